The third-order valence-corrected chi connectivity index (χ3v) is 2.91. The molecule has 2 aromatic carbocycles. The minimum Gasteiger partial charge on any atom is -0.399 e. The van der Waals surface area contributed by atoms with Crippen molar-refractivity contribution in [2.75, 3.05) is 16.8 Å². The molecule has 0 bridgehead atoms. The number of rotatable bonds is 3. The topological polar surface area (TPSA) is 141 Å². The second kappa shape index (κ2) is 6.40. The molecule has 0 fully saturated rings. The Kier molecular flexibility index (Phi) is 4.38. The fourth-order valence-electron chi connectivity index (χ4n) is 1.82. The van der Waals surface area contributed by atoms with Crippen molar-refractivity contribution in [1.29, 1.82) is 10.8 Å². The van der Waals surface area contributed by atoms with Crippen LogP contribution in [0.1, 0.15) is 11.1 Å². The quantitative estimate of drug-likeness (QED) is 0.293. The molecule has 0 aliphatic rings. The predicted octanol–water partition coefficient (Wildman–Crippen LogP) is 2.00. The van der Waals surface area contributed by atoms with Crippen LogP contribution < -0.4 is 22.1 Å². The second-order valence-corrected chi connectivity index (χ2v) is 4.57. The van der Waals surface area contributed by atoms with Crippen LogP contribution in [0.4, 0.5) is 21.9 Å². The normalized spacial score (nSPS) is 9.82. The lowest BCUT2D eigenvalue weighted by Gasteiger charge is -2.10. The maximum Gasteiger partial charge on any atom is 0.324 e. The number of hydrogen-bond donors (Lipinski definition) is 6. The molecule has 0 atom stereocenters. The van der Waals surface area contributed by atoms with E-state index >= 15 is 0 Å². The molecule has 0 saturated carbocycles. The van der Waals surface area contributed by atoms with Crippen molar-refractivity contribution in [3.05, 3.63) is 53.6 Å². The van der Waals surface area contributed by atoms with E-state index in [1.165, 1.54) is 0 Å². The van der Waals surface area contributed by atoms with Gasteiger partial charge in [-0.15, -0.1) is 0 Å². The number of amidine groups is 1. The molecule has 2 amide bonds. The lowest BCUT2D eigenvalue weighted by Crippen LogP contribution is -2.34. The van der Waals surface area contributed by atoms with Gasteiger partial charge in [-0.3, -0.25) is 10.7 Å². The Morgan fingerprint density at radius 1 is 1.14 bits per heavy atom. The van der Waals surface area contributed by atoms with Gasteiger partial charge in [0.2, 0.25) is 0 Å². The van der Waals surface area contributed by atoms with Crippen molar-refractivity contribution in [3.8, 4) is 0 Å². The highest BCUT2D eigenvalue weighted by Gasteiger charge is 2.08. The molecule has 0 aliphatic carbocycles. The van der Waals surface area contributed by atoms with Gasteiger partial charge in [0.15, 0.2) is 0 Å². The molecule has 112 valence electrons. The van der Waals surface area contributed by atoms with Crippen molar-refractivity contribution in [2.45, 2.75) is 0 Å². The molecule has 0 aliphatic heterocycles. The van der Waals surface area contributed by atoms with E-state index < -0.39 is 6.03 Å². The lowest BCUT2D eigenvalue weighted by atomic mass is 10.1. The summed E-state index contributed by atoms with van der Waals surface area (Å²) in [5.41, 5.74) is 13.8. The first-order valence-electron chi connectivity index (χ1n) is 6.42. The van der Waals surface area contributed by atoms with Crippen molar-refractivity contribution in [3.63, 3.8) is 0 Å². The summed E-state index contributed by atoms with van der Waals surface area (Å²) in [6.45, 7) is 0. The molecule has 2 rings (SSSR count). The monoisotopic (exact) mass is 296 g/mol. The van der Waals surface area contributed by atoms with E-state index in [9.17, 15) is 4.79 Å². The summed E-state index contributed by atoms with van der Waals surface area (Å²) in [5.74, 6) is -0.0625. The van der Waals surface area contributed by atoms with Gasteiger partial charge >= 0.3 is 6.03 Å². The number of carbonyl (C=O) groups excluding carboxylic acids is 1. The van der Waals surface area contributed by atoms with Crippen LogP contribution in [0.5, 0.6) is 0 Å². The summed E-state index contributed by atoms with van der Waals surface area (Å²) in [6, 6.07) is 10.9. The largest absolute Gasteiger partial charge is 0.399 e. The summed E-state index contributed by atoms with van der Waals surface area (Å²) in [4.78, 5) is 11.9. The lowest BCUT2D eigenvalue weighted by molar-refractivity contribution is 0.256. The van der Waals surface area contributed by atoms with Crippen LogP contribution in [0, 0.1) is 10.8 Å². The van der Waals surface area contributed by atoms with E-state index in [0.717, 1.165) is 6.21 Å². The molecular formula is C15H16N6O. The molecule has 0 spiro atoms. The third kappa shape index (κ3) is 3.60. The predicted molar refractivity (Wildman–Crippen MR) is 88.6 cm³/mol. The summed E-state index contributed by atoms with van der Waals surface area (Å²) < 4.78 is 0. The third-order valence-electron chi connectivity index (χ3n) is 2.91. The maximum absolute atomic E-state index is 11.9. The minimum atomic E-state index is -0.562. The number of anilines is 3. The van der Waals surface area contributed by atoms with Gasteiger partial charge < -0.3 is 22.2 Å². The van der Waals surface area contributed by atoms with Gasteiger partial charge in [0, 0.05) is 34.4 Å². The van der Waals surface area contributed by atoms with Crippen LogP contribution in [0.3, 0.4) is 0 Å². The van der Waals surface area contributed by atoms with Crippen LogP contribution in [0.2, 0.25) is 0 Å². The zero-order valence-electron chi connectivity index (χ0n) is 11.7. The molecule has 2 aromatic rings. The molecule has 7 heteroatoms. The van der Waals surface area contributed by atoms with E-state index in [1.54, 1.807) is 42.5 Å². The average molecular weight is 296 g/mol. The fraction of sp³-hybridized carbons (Fsp3) is 0. The zero-order valence-corrected chi connectivity index (χ0v) is 11.7. The number of benzene rings is 2. The summed E-state index contributed by atoms with van der Waals surface area (Å²) in [6.07, 6.45) is 1.10. The Hall–Kier alpha value is -3.35. The highest BCUT2D eigenvalue weighted by molar-refractivity contribution is 6.09. The number of urea groups is 1. The SMILES string of the molecule is N=Cc1cc(NC(=O)NC(=N)c2cccc(N)c2)ccc1N. The number of amides is 2. The Labute approximate surface area is 127 Å². The second-order valence-electron chi connectivity index (χ2n) is 4.57. The van der Waals surface area contributed by atoms with Gasteiger partial charge in [-0.2, -0.15) is 0 Å². The van der Waals surface area contributed by atoms with Gasteiger partial charge in [-0.1, -0.05) is 12.1 Å². The zero-order chi connectivity index (χ0) is 16.1. The molecule has 0 heterocycles. The maximum atomic E-state index is 11.9. The van der Waals surface area contributed by atoms with Crippen LogP contribution in [-0.4, -0.2) is 18.1 Å². The number of carbonyl (C=O) groups is 1. The molecule has 0 unspecified atom stereocenters. The Bertz CT molecular complexity index is 741. The van der Waals surface area contributed by atoms with E-state index in [-0.39, 0.29) is 5.84 Å². The van der Waals surface area contributed by atoms with Gasteiger partial charge in [0.05, 0.1) is 0 Å². The highest BCUT2D eigenvalue weighted by atomic mass is 16.2. The fourth-order valence-corrected chi connectivity index (χ4v) is 1.82. The summed E-state index contributed by atoms with van der Waals surface area (Å²) in [7, 11) is 0. The smallest absolute Gasteiger partial charge is 0.324 e. The molecule has 22 heavy (non-hydrogen) atoms. The molecule has 0 radical (unpaired) electrons. The van der Waals surface area contributed by atoms with Crippen LogP contribution in [0.25, 0.3) is 0 Å². The standard InChI is InChI=1S/C15H16N6O/c16-8-10-7-12(4-5-13(10)18)20-15(22)21-14(19)9-2-1-3-11(17)6-9/h1-8,16H,17-18H2,(H3,19,20,21,22). The van der Waals surface area contributed by atoms with Gasteiger partial charge in [-0.25, -0.2) is 4.79 Å². The number of nitrogen functional groups attached to an aromatic ring is 2. The van der Waals surface area contributed by atoms with Crippen molar-refractivity contribution in [2.24, 2.45) is 0 Å². The first kappa shape index (κ1) is 15.0. The summed E-state index contributed by atoms with van der Waals surface area (Å²) in [5, 5.41) is 20.1. The van der Waals surface area contributed by atoms with Crippen LogP contribution in [0.15, 0.2) is 42.5 Å². The van der Waals surface area contributed by atoms with E-state index in [2.05, 4.69) is 10.6 Å². The first-order chi connectivity index (χ1) is 10.5. The van der Waals surface area contributed by atoms with Gasteiger partial charge in [0.1, 0.15) is 5.84 Å². The van der Waals surface area contributed by atoms with E-state index in [1.807, 2.05) is 0 Å². The number of nitrogens with one attached hydrogen (secondary N) is 4. The van der Waals surface area contributed by atoms with E-state index in [0.29, 0.717) is 28.2 Å². The highest BCUT2D eigenvalue weighted by Crippen LogP contribution is 2.16. The molecule has 0 saturated heterocycles. The molecule has 0 aromatic heterocycles. The van der Waals surface area contributed by atoms with Crippen molar-refractivity contribution in [1.82, 2.24) is 5.32 Å². The molecule has 7 nitrogen and oxygen atoms in total. The number of nitrogens with two attached hydrogens (primary N) is 2. The van der Waals surface area contributed by atoms with Gasteiger partial charge in [0.25, 0.3) is 0 Å². The minimum absolute atomic E-state index is 0.0625. The molecular weight excluding hydrogens is 280 g/mol. The number of hydrogen-bond acceptors (Lipinski definition) is 5. The Morgan fingerprint density at radius 2 is 1.91 bits per heavy atom. The van der Waals surface area contributed by atoms with Crippen LogP contribution in [-0.2, 0) is 0 Å². The average Bonchev–Trinajstić information content (AvgIpc) is 2.49. The first-order valence-corrected chi connectivity index (χ1v) is 6.42. The van der Waals surface area contributed by atoms with Gasteiger partial charge in [-0.05, 0) is 30.3 Å². The van der Waals surface area contributed by atoms with Crippen molar-refractivity contribution >= 4 is 35.1 Å². The summed E-state index contributed by atoms with van der Waals surface area (Å²) >= 11 is 0. The Balaban J connectivity index is 2.04. The molecule has 8 N–H and O–H groups in total. The van der Waals surface area contributed by atoms with Crippen LogP contribution >= 0.6 is 0 Å². The Morgan fingerprint density at radius 3 is 2.59 bits per heavy atom. The van der Waals surface area contributed by atoms with Crippen molar-refractivity contribution < 1.29 is 4.79 Å². The van der Waals surface area contributed by atoms with E-state index in [4.69, 9.17) is 22.3 Å².